The molecule has 0 aromatic heterocycles. The van der Waals surface area contributed by atoms with Crippen molar-refractivity contribution in [3.8, 4) is 11.5 Å². The number of ether oxygens (including phenoxy) is 2. The fourth-order valence-corrected chi connectivity index (χ4v) is 5.71. The van der Waals surface area contributed by atoms with Gasteiger partial charge in [0.15, 0.2) is 11.5 Å². The lowest BCUT2D eigenvalue weighted by molar-refractivity contribution is -0.128. The van der Waals surface area contributed by atoms with Crippen molar-refractivity contribution in [2.24, 2.45) is 0 Å². The minimum Gasteiger partial charge on any atom is -0.486 e. The van der Waals surface area contributed by atoms with Crippen molar-refractivity contribution < 1.29 is 22.7 Å². The second-order valence-electron chi connectivity index (χ2n) is 7.91. The summed E-state index contributed by atoms with van der Waals surface area (Å²) in [4.78, 5) is 13.3. The summed E-state index contributed by atoms with van der Waals surface area (Å²) < 4.78 is 39.1. The van der Waals surface area contributed by atoms with Gasteiger partial charge in [-0.25, -0.2) is 8.42 Å². The van der Waals surface area contributed by atoms with Gasteiger partial charge in [0, 0.05) is 25.7 Å². The molecule has 0 aliphatic carbocycles. The summed E-state index contributed by atoms with van der Waals surface area (Å²) in [5.74, 6) is 0.971. The summed E-state index contributed by atoms with van der Waals surface area (Å²) in [5, 5.41) is 3.02. The second kappa shape index (κ2) is 8.88. The standard InChI is InChI=1S/C23H28N2O5S/c1-2-12-24-22(26)23(18-6-4-3-5-7-18)10-13-25(14-11-23)31(27,28)19-8-9-20-21(17-19)30-16-15-29-20/h3-9,17H,2,10-16H2,1H3,(H,24,26). The van der Waals surface area contributed by atoms with Crippen LogP contribution in [0.25, 0.3) is 0 Å². The Morgan fingerprint density at radius 2 is 1.71 bits per heavy atom. The maximum Gasteiger partial charge on any atom is 0.243 e. The topological polar surface area (TPSA) is 84.9 Å². The van der Waals surface area contributed by atoms with Crippen LogP contribution in [0.15, 0.2) is 53.4 Å². The molecule has 0 radical (unpaired) electrons. The predicted octanol–water partition coefficient (Wildman–Crippen LogP) is 2.71. The van der Waals surface area contributed by atoms with E-state index in [1.54, 1.807) is 12.1 Å². The average molecular weight is 445 g/mol. The Labute approximate surface area is 183 Å². The van der Waals surface area contributed by atoms with Gasteiger partial charge in [-0.15, -0.1) is 0 Å². The molecule has 1 fully saturated rings. The number of piperidine rings is 1. The van der Waals surface area contributed by atoms with Gasteiger partial charge in [0.1, 0.15) is 13.2 Å². The van der Waals surface area contributed by atoms with Crippen LogP contribution < -0.4 is 14.8 Å². The molecule has 2 aromatic rings. The lowest BCUT2D eigenvalue weighted by atomic mass is 9.72. The van der Waals surface area contributed by atoms with Crippen molar-refractivity contribution >= 4 is 15.9 Å². The molecule has 7 nitrogen and oxygen atoms in total. The van der Waals surface area contributed by atoms with E-state index < -0.39 is 15.4 Å². The quantitative estimate of drug-likeness (QED) is 0.741. The normalized spacial score (nSPS) is 18.4. The van der Waals surface area contributed by atoms with Gasteiger partial charge in [0.05, 0.1) is 10.3 Å². The van der Waals surface area contributed by atoms with Crippen LogP contribution in [0, 0.1) is 0 Å². The van der Waals surface area contributed by atoms with Gasteiger partial charge in [0.25, 0.3) is 0 Å². The van der Waals surface area contributed by atoms with Crippen molar-refractivity contribution in [1.29, 1.82) is 0 Å². The van der Waals surface area contributed by atoms with E-state index in [1.807, 2.05) is 37.3 Å². The van der Waals surface area contributed by atoms with E-state index in [0.29, 0.717) is 44.1 Å². The number of sulfonamides is 1. The molecule has 0 bridgehead atoms. The van der Waals surface area contributed by atoms with Crippen molar-refractivity contribution in [3.63, 3.8) is 0 Å². The molecule has 2 heterocycles. The number of rotatable bonds is 6. The molecule has 0 spiro atoms. The van der Waals surface area contributed by atoms with Crippen LogP contribution in [0.1, 0.15) is 31.7 Å². The van der Waals surface area contributed by atoms with Crippen LogP contribution >= 0.6 is 0 Å². The molecule has 2 aliphatic rings. The number of nitrogens with one attached hydrogen (secondary N) is 1. The first-order valence-corrected chi connectivity index (χ1v) is 12.1. The molecular formula is C23H28N2O5S. The molecule has 2 aliphatic heterocycles. The zero-order valence-electron chi connectivity index (χ0n) is 17.7. The van der Waals surface area contributed by atoms with Crippen LogP contribution in [0.3, 0.4) is 0 Å². The van der Waals surface area contributed by atoms with Gasteiger partial charge in [-0.2, -0.15) is 4.31 Å². The summed E-state index contributed by atoms with van der Waals surface area (Å²) in [7, 11) is -3.70. The minimum atomic E-state index is -3.70. The third-order valence-corrected chi connectivity index (χ3v) is 7.92. The van der Waals surface area contributed by atoms with Crippen LogP contribution in [-0.2, 0) is 20.2 Å². The number of fused-ring (bicyclic) bond motifs is 1. The molecule has 1 N–H and O–H groups in total. The predicted molar refractivity (Wildman–Crippen MR) is 117 cm³/mol. The van der Waals surface area contributed by atoms with E-state index in [2.05, 4.69) is 5.32 Å². The van der Waals surface area contributed by atoms with Gasteiger partial charge in [0.2, 0.25) is 15.9 Å². The lowest BCUT2D eigenvalue weighted by Crippen LogP contribution is -2.52. The Kier molecular flexibility index (Phi) is 6.20. The Morgan fingerprint density at radius 1 is 1.03 bits per heavy atom. The first-order valence-electron chi connectivity index (χ1n) is 10.7. The number of hydrogen-bond acceptors (Lipinski definition) is 5. The number of carbonyl (C=O) groups excluding carboxylic acids is 1. The van der Waals surface area contributed by atoms with Crippen LogP contribution in [0.2, 0.25) is 0 Å². The maximum atomic E-state index is 13.3. The molecule has 4 rings (SSSR count). The zero-order chi connectivity index (χ0) is 21.9. The largest absolute Gasteiger partial charge is 0.486 e. The second-order valence-corrected chi connectivity index (χ2v) is 9.85. The molecule has 1 amide bonds. The highest BCUT2D eigenvalue weighted by molar-refractivity contribution is 7.89. The molecule has 8 heteroatoms. The van der Waals surface area contributed by atoms with Gasteiger partial charge in [-0.1, -0.05) is 37.3 Å². The first-order chi connectivity index (χ1) is 15.0. The molecule has 166 valence electrons. The van der Waals surface area contributed by atoms with Gasteiger partial charge >= 0.3 is 0 Å². The highest BCUT2D eigenvalue weighted by atomic mass is 32.2. The van der Waals surface area contributed by atoms with E-state index in [9.17, 15) is 13.2 Å². The van der Waals surface area contributed by atoms with Crippen molar-refractivity contribution in [2.45, 2.75) is 36.5 Å². The molecule has 1 saturated heterocycles. The van der Waals surface area contributed by atoms with Gasteiger partial charge < -0.3 is 14.8 Å². The Bertz CT molecular complexity index is 1030. The highest BCUT2D eigenvalue weighted by Gasteiger charge is 2.45. The number of benzene rings is 2. The molecule has 2 aromatic carbocycles. The number of amides is 1. The summed E-state index contributed by atoms with van der Waals surface area (Å²) in [6.07, 6.45) is 1.70. The minimum absolute atomic E-state index is 0.0306. The van der Waals surface area contributed by atoms with E-state index in [4.69, 9.17) is 9.47 Å². The fourth-order valence-electron chi connectivity index (χ4n) is 4.25. The lowest BCUT2D eigenvalue weighted by Gasteiger charge is -2.40. The van der Waals surface area contributed by atoms with Crippen LogP contribution in [0.5, 0.6) is 11.5 Å². The van der Waals surface area contributed by atoms with E-state index >= 15 is 0 Å². The molecule has 0 atom stereocenters. The molecular weight excluding hydrogens is 416 g/mol. The van der Waals surface area contributed by atoms with Crippen molar-refractivity contribution in [3.05, 3.63) is 54.1 Å². The summed E-state index contributed by atoms with van der Waals surface area (Å²) in [6, 6.07) is 14.4. The maximum absolute atomic E-state index is 13.3. The average Bonchev–Trinajstić information content (AvgIpc) is 2.82. The van der Waals surface area contributed by atoms with Crippen molar-refractivity contribution in [1.82, 2.24) is 9.62 Å². The first kappa shape index (κ1) is 21.6. The van der Waals surface area contributed by atoms with Gasteiger partial charge in [-0.05, 0) is 37.0 Å². The van der Waals surface area contributed by atoms with Crippen molar-refractivity contribution in [2.75, 3.05) is 32.8 Å². The Hall–Kier alpha value is -2.58. The SMILES string of the molecule is CCCNC(=O)C1(c2ccccc2)CCN(S(=O)(=O)c2ccc3c(c2)OCCO3)CC1. The smallest absolute Gasteiger partial charge is 0.243 e. The Morgan fingerprint density at radius 3 is 2.39 bits per heavy atom. The zero-order valence-corrected chi connectivity index (χ0v) is 18.5. The number of nitrogens with zero attached hydrogens (tertiary/aromatic N) is 1. The summed E-state index contributed by atoms with van der Waals surface area (Å²) >= 11 is 0. The van der Waals surface area contributed by atoms with Crippen LogP contribution in [0.4, 0.5) is 0 Å². The third kappa shape index (κ3) is 4.14. The Balaban J connectivity index is 1.57. The molecule has 0 saturated carbocycles. The molecule has 31 heavy (non-hydrogen) atoms. The summed E-state index contributed by atoms with van der Waals surface area (Å²) in [6.45, 7) is 4.00. The monoisotopic (exact) mass is 444 g/mol. The van der Waals surface area contributed by atoms with E-state index in [1.165, 1.54) is 10.4 Å². The highest BCUT2D eigenvalue weighted by Crippen LogP contribution is 2.39. The summed E-state index contributed by atoms with van der Waals surface area (Å²) in [5.41, 5.74) is 0.204. The van der Waals surface area contributed by atoms with E-state index in [0.717, 1.165) is 12.0 Å². The fraction of sp³-hybridized carbons (Fsp3) is 0.435. The molecule has 0 unspecified atom stereocenters. The van der Waals surface area contributed by atoms with Gasteiger partial charge in [-0.3, -0.25) is 4.79 Å². The number of hydrogen-bond donors (Lipinski definition) is 1. The van der Waals surface area contributed by atoms with Crippen LogP contribution in [-0.4, -0.2) is 51.5 Å². The third-order valence-electron chi connectivity index (χ3n) is 6.02. The number of carbonyl (C=O) groups is 1. The van der Waals surface area contributed by atoms with E-state index in [-0.39, 0.29) is 23.9 Å².